The maximum absolute atomic E-state index is 14.1. The number of rotatable bonds is 6. The minimum absolute atomic E-state index is 0.162. The number of hydrogen-bond donors (Lipinski definition) is 2. The van der Waals surface area contributed by atoms with Gasteiger partial charge in [0.25, 0.3) is 5.56 Å². The molecule has 0 radical (unpaired) electrons. The average molecular weight is 374 g/mol. The van der Waals surface area contributed by atoms with E-state index in [0.29, 0.717) is 0 Å². The average Bonchev–Trinajstić information content (AvgIpc) is 2.55. The van der Waals surface area contributed by atoms with Crippen LogP contribution in [0.5, 0.6) is 5.75 Å². The second-order valence-electron chi connectivity index (χ2n) is 5.00. The van der Waals surface area contributed by atoms with Crippen LogP contribution in [-0.2, 0) is 18.0 Å². The van der Waals surface area contributed by atoms with Gasteiger partial charge in [0.05, 0.1) is 12.8 Å². The highest BCUT2D eigenvalue weighted by molar-refractivity contribution is 7.87. The summed E-state index contributed by atoms with van der Waals surface area (Å²) in [5.74, 6) is -0.0955. The van der Waals surface area contributed by atoms with Crippen molar-refractivity contribution in [1.29, 1.82) is 0 Å². The van der Waals surface area contributed by atoms with Crippen LogP contribution in [0.1, 0.15) is 5.56 Å². The second kappa shape index (κ2) is 7.67. The molecule has 24 heavy (non-hydrogen) atoms. The monoisotopic (exact) mass is 373 g/mol. The molecule has 0 amide bonds. The van der Waals surface area contributed by atoms with E-state index in [0.717, 1.165) is 5.56 Å². The van der Waals surface area contributed by atoms with Gasteiger partial charge in [-0.2, -0.15) is 0 Å². The number of pyridine rings is 1. The molecular weight excluding hydrogens is 357 g/mol. The molecule has 0 aliphatic carbocycles. The van der Waals surface area contributed by atoms with E-state index >= 15 is 0 Å². The normalized spacial score (nSPS) is 11.9. The fourth-order valence-corrected chi connectivity index (χ4v) is 2.72. The second-order valence-corrected chi connectivity index (χ2v) is 6.77. The van der Waals surface area contributed by atoms with Crippen LogP contribution in [0.4, 0.5) is 21.6 Å². The summed E-state index contributed by atoms with van der Waals surface area (Å²) in [5, 5.41) is 2.69. The molecule has 0 aliphatic rings. The lowest BCUT2D eigenvalue weighted by Crippen LogP contribution is -2.22. The number of nitrogens with one attached hydrogen (secondary N) is 2. The Kier molecular flexibility index (Phi) is 5.84. The summed E-state index contributed by atoms with van der Waals surface area (Å²) in [6, 6.07) is 5.89. The molecule has 2 aromatic rings. The number of aromatic nitrogens is 1. The molecule has 1 aromatic carbocycles. The van der Waals surface area contributed by atoms with E-state index in [9.17, 15) is 13.4 Å². The van der Waals surface area contributed by atoms with E-state index < -0.39 is 16.8 Å². The molecule has 0 spiro atoms. The number of halogens is 2. The van der Waals surface area contributed by atoms with Crippen molar-refractivity contribution in [2.75, 3.05) is 22.4 Å². The standard InChI is InChI=1S/C15H17ClFN3O3S/c1-9-4-5-11(10(17)6-9)18-15-14(19-24(22)8-16)12(23-3)7-13(21)20(15)2/h4-7,18-19H,8H2,1-3H3. The zero-order valence-corrected chi connectivity index (χ0v) is 14.9. The van der Waals surface area contributed by atoms with Crippen LogP contribution >= 0.6 is 11.6 Å². The van der Waals surface area contributed by atoms with Gasteiger partial charge in [-0.3, -0.25) is 14.1 Å². The Balaban J connectivity index is 2.59. The summed E-state index contributed by atoms with van der Waals surface area (Å²) in [7, 11) is 1.28. The molecule has 130 valence electrons. The van der Waals surface area contributed by atoms with Crippen molar-refractivity contribution in [3.8, 4) is 5.75 Å². The first kappa shape index (κ1) is 18.3. The summed E-state index contributed by atoms with van der Waals surface area (Å²) in [5.41, 5.74) is 0.811. The van der Waals surface area contributed by atoms with Crippen LogP contribution in [0.25, 0.3) is 0 Å². The minimum atomic E-state index is -1.60. The summed E-state index contributed by atoms with van der Waals surface area (Å²) in [4.78, 5) is 12.1. The molecule has 1 unspecified atom stereocenters. The van der Waals surface area contributed by atoms with Gasteiger partial charge >= 0.3 is 0 Å². The van der Waals surface area contributed by atoms with Crippen molar-refractivity contribution in [2.24, 2.45) is 7.05 Å². The first-order valence-corrected chi connectivity index (χ1v) is 8.75. The van der Waals surface area contributed by atoms with E-state index in [4.69, 9.17) is 16.3 Å². The van der Waals surface area contributed by atoms with Gasteiger partial charge in [-0.05, 0) is 24.6 Å². The molecule has 1 atom stereocenters. The number of aryl methyl sites for hydroxylation is 1. The predicted molar refractivity (Wildman–Crippen MR) is 95.1 cm³/mol. The Morgan fingerprint density at radius 3 is 2.67 bits per heavy atom. The van der Waals surface area contributed by atoms with Crippen molar-refractivity contribution in [3.63, 3.8) is 0 Å². The molecule has 0 bridgehead atoms. The van der Waals surface area contributed by atoms with Gasteiger partial charge in [-0.15, -0.1) is 11.6 Å². The fourth-order valence-electron chi connectivity index (χ4n) is 2.07. The molecule has 2 rings (SSSR count). The Morgan fingerprint density at radius 1 is 1.38 bits per heavy atom. The number of anilines is 3. The maximum atomic E-state index is 14.1. The number of alkyl halides is 1. The third-order valence-electron chi connectivity index (χ3n) is 3.32. The fraction of sp³-hybridized carbons (Fsp3) is 0.267. The Morgan fingerprint density at radius 2 is 2.08 bits per heavy atom. The number of ether oxygens (including phenoxy) is 1. The van der Waals surface area contributed by atoms with Crippen LogP contribution in [0.2, 0.25) is 0 Å². The lowest BCUT2D eigenvalue weighted by molar-refractivity contribution is 0.415. The van der Waals surface area contributed by atoms with Crippen molar-refractivity contribution >= 4 is 39.8 Å². The Labute approximate surface area is 146 Å². The SMILES string of the molecule is COc1cc(=O)n(C)c(Nc2ccc(C)cc2F)c1NS(=O)CCl. The summed E-state index contributed by atoms with van der Waals surface area (Å²) in [6.07, 6.45) is 0. The lowest BCUT2D eigenvalue weighted by Gasteiger charge is -2.19. The zero-order chi connectivity index (χ0) is 17.9. The molecule has 6 nitrogen and oxygen atoms in total. The van der Waals surface area contributed by atoms with Gasteiger partial charge in [0.2, 0.25) is 0 Å². The van der Waals surface area contributed by atoms with Gasteiger partial charge in [-0.1, -0.05) is 6.07 Å². The smallest absolute Gasteiger partial charge is 0.255 e. The van der Waals surface area contributed by atoms with Crippen molar-refractivity contribution in [2.45, 2.75) is 6.92 Å². The summed E-state index contributed by atoms with van der Waals surface area (Å²) in [6.45, 7) is 1.77. The molecule has 0 saturated heterocycles. The predicted octanol–water partition coefficient (Wildman–Crippen LogP) is 2.86. The van der Waals surface area contributed by atoms with Crippen LogP contribution in [0.15, 0.2) is 29.1 Å². The van der Waals surface area contributed by atoms with Crippen molar-refractivity contribution < 1.29 is 13.3 Å². The highest BCUT2D eigenvalue weighted by Crippen LogP contribution is 2.33. The number of hydrogen-bond acceptors (Lipinski definition) is 4. The van der Waals surface area contributed by atoms with Gasteiger partial charge in [-0.25, -0.2) is 8.60 Å². The Bertz CT molecular complexity index is 841. The molecule has 1 heterocycles. The van der Waals surface area contributed by atoms with E-state index in [1.165, 1.54) is 30.9 Å². The third kappa shape index (κ3) is 3.88. The highest BCUT2D eigenvalue weighted by Gasteiger charge is 2.18. The summed E-state index contributed by atoms with van der Waals surface area (Å²) >= 11 is 5.57. The van der Waals surface area contributed by atoms with Crippen LogP contribution < -0.4 is 20.3 Å². The molecule has 0 saturated carbocycles. The molecule has 0 aliphatic heterocycles. The number of nitrogens with zero attached hydrogens (tertiary/aromatic N) is 1. The van der Waals surface area contributed by atoms with Crippen LogP contribution in [0, 0.1) is 12.7 Å². The number of benzene rings is 1. The van der Waals surface area contributed by atoms with E-state index in [2.05, 4.69) is 10.0 Å². The quantitative estimate of drug-likeness (QED) is 0.764. The minimum Gasteiger partial charge on any atom is -0.494 e. The van der Waals surface area contributed by atoms with Crippen molar-refractivity contribution in [3.05, 3.63) is 46.0 Å². The zero-order valence-electron chi connectivity index (χ0n) is 13.4. The molecule has 2 N–H and O–H groups in total. The van der Waals surface area contributed by atoms with E-state index in [-0.39, 0.29) is 33.7 Å². The van der Waals surface area contributed by atoms with Crippen LogP contribution in [-0.4, -0.2) is 21.1 Å². The van der Waals surface area contributed by atoms with E-state index in [1.807, 2.05) is 0 Å². The van der Waals surface area contributed by atoms with E-state index in [1.54, 1.807) is 19.1 Å². The molecular formula is C15H17ClFN3O3S. The van der Waals surface area contributed by atoms with Gasteiger partial charge in [0.1, 0.15) is 33.5 Å². The first-order chi connectivity index (χ1) is 11.4. The van der Waals surface area contributed by atoms with Gasteiger partial charge in [0.15, 0.2) is 5.75 Å². The lowest BCUT2D eigenvalue weighted by atomic mass is 10.2. The number of methoxy groups -OCH3 is 1. The largest absolute Gasteiger partial charge is 0.494 e. The van der Waals surface area contributed by atoms with Crippen LogP contribution in [0.3, 0.4) is 0 Å². The third-order valence-corrected chi connectivity index (χ3v) is 4.54. The Hall–Kier alpha value is -2.06. The molecule has 0 fully saturated rings. The molecule has 9 heteroatoms. The maximum Gasteiger partial charge on any atom is 0.255 e. The van der Waals surface area contributed by atoms with Gasteiger partial charge < -0.3 is 10.1 Å². The topological polar surface area (TPSA) is 72.4 Å². The van der Waals surface area contributed by atoms with Crippen molar-refractivity contribution in [1.82, 2.24) is 4.57 Å². The summed E-state index contributed by atoms with van der Waals surface area (Å²) < 4.78 is 35.0. The molecule has 1 aromatic heterocycles. The van der Waals surface area contributed by atoms with Gasteiger partial charge in [0, 0.05) is 13.1 Å². The first-order valence-electron chi connectivity index (χ1n) is 6.89. The highest BCUT2D eigenvalue weighted by atomic mass is 35.5.